The summed E-state index contributed by atoms with van der Waals surface area (Å²) in [7, 11) is 1.95. The van der Waals surface area contributed by atoms with E-state index in [0.717, 1.165) is 24.8 Å². The molecular formula is C26H35N3O3. The summed E-state index contributed by atoms with van der Waals surface area (Å²) in [5, 5.41) is 0. The Morgan fingerprint density at radius 3 is 2.47 bits per heavy atom. The van der Waals surface area contributed by atoms with E-state index < -0.39 is 5.41 Å². The Balaban J connectivity index is 1.53. The predicted octanol–water partition coefficient (Wildman–Crippen LogP) is 3.71. The van der Waals surface area contributed by atoms with Gasteiger partial charge in [0.25, 0.3) is 0 Å². The first-order valence-electron chi connectivity index (χ1n) is 11.6. The van der Waals surface area contributed by atoms with Gasteiger partial charge in [-0.1, -0.05) is 36.4 Å². The fourth-order valence-electron chi connectivity index (χ4n) is 4.49. The number of hydrogen-bond donors (Lipinski definition) is 0. The molecule has 0 unspecified atom stereocenters. The number of likely N-dealkylation sites (tertiary alicyclic amines) is 1. The number of hydrogen-bond acceptors (Lipinski definition) is 5. The lowest BCUT2D eigenvalue weighted by Gasteiger charge is -2.40. The first-order chi connectivity index (χ1) is 15.5. The fourth-order valence-corrected chi connectivity index (χ4v) is 4.49. The summed E-state index contributed by atoms with van der Waals surface area (Å²) in [5.41, 5.74) is 1.89. The topological polar surface area (TPSA) is 62.7 Å². The number of piperidine rings is 1. The monoisotopic (exact) mass is 437 g/mol. The van der Waals surface area contributed by atoms with Crippen molar-refractivity contribution in [2.24, 2.45) is 5.41 Å². The second kappa shape index (κ2) is 11.8. The predicted molar refractivity (Wildman–Crippen MR) is 125 cm³/mol. The van der Waals surface area contributed by atoms with E-state index in [1.807, 2.05) is 60.3 Å². The minimum Gasteiger partial charge on any atom is -0.466 e. The third-order valence-corrected chi connectivity index (χ3v) is 6.33. The van der Waals surface area contributed by atoms with Crippen LogP contribution in [0.15, 0.2) is 54.9 Å². The van der Waals surface area contributed by atoms with E-state index >= 15 is 0 Å². The van der Waals surface area contributed by atoms with Crippen molar-refractivity contribution in [1.82, 2.24) is 14.8 Å². The van der Waals surface area contributed by atoms with Gasteiger partial charge in [-0.2, -0.15) is 0 Å². The standard InChI is InChI=1S/C26H35N3O3/c1-3-32-25(31)26(13-7-11-22-9-5-4-6-10-22)14-17-29(18-15-26)24(30)21-28(2)20-23-12-8-16-27-19-23/h4-6,8-10,12,16,19H,3,7,11,13-15,17-18,20-21H2,1-2H3. The van der Waals surface area contributed by atoms with Crippen LogP contribution < -0.4 is 0 Å². The minimum atomic E-state index is -0.483. The zero-order valence-corrected chi connectivity index (χ0v) is 19.3. The van der Waals surface area contributed by atoms with Crippen LogP contribution in [0.25, 0.3) is 0 Å². The number of nitrogens with zero attached hydrogens (tertiary/aromatic N) is 3. The van der Waals surface area contributed by atoms with Crippen LogP contribution in [0, 0.1) is 5.41 Å². The van der Waals surface area contributed by atoms with Crippen molar-refractivity contribution in [1.29, 1.82) is 0 Å². The Bertz CT molecular complexity index is 849. The van der Waals surface area contributed by atoms with Crippen LogP contribution >= 0.6 is 0 Å². The maximum atomic E-state index is 12.9. The molecule has 0 saturated carbocycles. The molecule has 172 valence electrons. The van der Waals surface area contributed by atoms with Gasteiger partial charge in [0.15, 0.2) is 0 Å². The largest absolute Gasteiger partial charge is 0.466 e. The SMILES string of the molecule is CCOC(=O)C1(CCCc2ccccc2)CCN(C(=O)CN(C)Cc2cccnc2)CC1. The number of esters is 1. The highest BCUT2D eigenvalue weighted by Gasteiger charge is 2.43. The minimum absolute atomic E-state index is 0.103. The summed E-state index contributed by atoms with van der Waals surface area (Å²) in [6.07, 6.45) is 7.58. The van der Waals surface area contributed by atoms with Crippen molar-refractivity contribution >= 4 is 11.9 Å². The van der Waals surface area contributed by atoms with Crippen LogP contribution in [0.3, 0.4) is 0 Å². The summed E-state index contributed by atoms with van der Waals surface area (Å²) < 4.78 is 5.46. The highest BCUT2D eigenvalue weighted by Crippen LogP contribution is 2.38. The molecule has 2 aromatic rings. The Kier molecular flexibility index (Phi) is 8.80. The lowest BCUT2D eigenvalue weighted by molar-refractivity contribution is -0.161. The van der Waals surface area contributed by atoms with Crippen LogP contribution in [0.5, 0.6) is 0 Å². The molecule has 0 atom stereocenters. The van der Waals surface area contributed by atoms with Crippen molar-refractivity contribution in [2.45, 2.75) is 45.6 Å². The molecule has 1 aliphatic rings. The van der Waals surface area contributed by atoms with Gasteiger partial charge < -0.3 is 9.64 Å². The number of carbonyl (C=O) groups excluding carboxylic acids is 2. The number of pyridine rings is 1. The van der Waals surface area contributed by atoms with Crippen LogP contribution in [0.2, 0.25) is 0 Å². The van der Waals surface area contributed by atoms with Gasteiger partial charge in [-0.3, -0.25) is 19.5 Å². The molecule has 1 saturated heterocycles. The van der Waals surface area contributed by atoms with E-state index in [4.69, 9.17) is 4.74 Å². The number of aromatic nitrogens is 1. The number of amides is 1. The van der Waals surface area contributed by atoms with E-state index in [-0.39, 0.29) is 11.9 Å². The van der Waals surface area contributed by atoms with Crippen molar-refractivity contribution in [2.75, 3.05) is 33.3 Å². The van der Waals surface area contributed by atoms with Crippen LogP contribution in [0.1, 0.15) is 43.7 Å². The average Bonchev–Trinajstić information content (AvgIpc) is 2.81. The van der Waals surface area contributed by atoms with Crippen molar-refractivity contribution in [3.8, 4) is 0 Å². The lowest BCUT2D eigenvalue weighted by Crippen LogP contribution is -2.49. The van der Waals surface area contributed by atoms with Gasteiger partial charge >= 0.3 is 5.97 Å². The third kappa shape index (κ3) is 6.63. The highest BCUT2D eigenvalue weighted by atomic mass is 16.5. The molecule has 1 fully saturated rings. The molecular weight excluding hydrogens is 402 g/mol. The maximum absolute atomic E-state index is 12.9. The molecule has 0 spiro atoms. The molecule has 2 heterocycles. The third-order valence-electron chi connectivity index (χ3n) is 6.33. The van der Waals surface area contributed by atoms with Crippen molar-refractivity contribution in [3.05, 3.63) is 66.0 Å². The van der Waals surface area contributed by atoms with E-state index in [1.54, 1.807) is 6.20 Å². The Morgan fingerprint density at radius 1 is 1.09 bits per heavy atom. The molecule has 0 radical (unpaired) electrons. The maximum Gasteiger partial charge on any atom is 0.312 e. The second-order valence-electron chi connectivity index (χ2n) is 8.75. The van der Waals surface area contributed by atoms with Crippen LogP contribution in [-0.4, -0.2) is 59.9 Å². The molecule has 6 nitrogen and oxygen atoms in total. The van der Waals surface area contributed by atoms with E-state index in [2.05, 4.69) is 17.1 Å². The summed E-state index contributed by atoms with van der Waals surface area (Å²) in [5.74, 6) is 0.00647. The van der Waals surface area contributed by atoms with Gasteiger partial charge in [0.2, 0.25) is 5.91 Å². The van der Waals surface area contributed by atoms with Gasteiger partial charge in [-0.15, -0.1) is 0 Å². The normalized spacial score (nSPS) is 15.5. The van der Waals surface area contributed by atoms with E-state index in [0.29, 0.717) is 45.6 Å². The van der Waals surface area contributed by atoms with Gasteiger partial charge in [0, 0.05) is 32.0 Å². The van der Waals surface area contributed by atoms with Gasteiger partial charge in [-0.25, -0.2) is 0 Å². The first kappa shape index (κ1) is 23.9. The Labute approximate surface area is 191 Å². The number of aryl methyl sites for hydroxylation is 1. The number of ether oxygens (including phenoxy) is 1. The highest BCUT2D eigenvalue weighted by molar-refractivity contribution is 5.80. The molecule has 32 heavy (non-hydrogen) atoms. The van der Waals surface area contributed by atoms with Crippen LogP contribution in [0.4, 0.5) is 0 Å². The molecule has 1 aromatic carbocycles. The smallest absolute Gasteiger partial charge is 0.312 e. The number of likely N-dealkylation sites (N-methyl/N-ethyl adjacent to an activating group) is 1. The summed E-state index contributed by atoms with van der Waals surface area (Å²) in [6, 6.07) is 14.3. The zero-order valence-electron chi connectivity index (χ0n) is 19.3. The molecule has 1 aromatic heterocycles. The molecule has 3 rings (SSSR count). The van der Waals surface area contributed by atoms with Crippen LogP contribution in [-0.2, 0) is 27.3 Å². The number of carbonyl (C=O) groups is 2. The fraction of sp³-hybridized carbons (Fsp3) is 0.500. The molecule has 1 amide bonds. The summed E-state index contributed by atoms with van der Waals surface area (Å²) in [4.78, 5) is 33.8. The Hall–Kier alpha value is -2.73. The van der Waals surface area contributed by atoms with Crippen molar-refractivity contribution in [3.63, 3.8) is 0 Å². The second-order valence-corrected chi connectivity index (χ2v) is 8.75. The first-order valence-corrected chi connectivity index (χ1v) is 11.6. The van der Waals surface area contributed by atoms with E-state index in [9.17, 15) is 9.59 Å². The molecule has 6 heteroatoms. The van der Waals surface area contributed by atoms with Gasteiger partial charge in [0.05, 0.1) is 18.6 Å². The molecule has 0 bridgehead atoms. The number of rotatable bonds is 10. The zero-order chi connectivity index (χ0) is 22.8. The molecule has 1 aliphatic heterocycles. The molecule has 0 N–H and O–H groups in total. The number of benzene rings is 1. The quantitative estimate of drug-likeness (QED) is 0.530. The Morgan fingerprint density at radius 2 is 1.81 bits per heavy atom. The average molecular weight is 438 g/mol. The summed E-state index contributed by atoms with van der Waals surface area (Å²) >= 11 is 0. The van der Waals surface area contributed by atoms with Gasteiger partial charge in [0.1, 0.15) is 0 Å². The molecule has 0 aliphatic carbocycles. The lowest BCUT2D eigenvalue weighted by atomic mass is 9.74. The van der Waals surface area contributed by atoms with E-state index in [1.165, 1.54) is 5.56 Å². The summed E-state index contributed by atoms with van der Waals surface area (Å²) in [6.45, 7) is 4.48. The van der Waals surface area contributed by atoms with Gasteiger partial charge in [-0.05, 0) is 63.3 Å². The van der Waals surface area contributed by atoms with Crippen molar-refractivity contribution < 1.29 is 14.3 Å².